The van der Waals surface area contributed by atoms with Crippen molar-refractivity contribution in [1.29, 1.82) is 0 Å². The number of rotatable bonds is 11. The third-order valence-electron chi connectivity index (χ3n) is 4.58. The van der Waals surface area contributed by atoms with Crippen LogP contribution in [0.5, 0.6) is 0 Å². The number of thioether (sulfide) groups is 1. The Morgan fingerprint density at radius 2 is 1.74 bits per heavy atom. The summed E-state index contributed by atoms with van der Waals surface area (Å²) < 4.78 is 0. The summed E-state index contributed by atoms with van der Waals surface area (Å²) in [5, 5.41) is 4.90. The Kier molecular flexibility index (Phi) is 8.18. The highest BCUT2D eigenvalue weighted by Gasteiger charge is 2.08. The third-order valence-corrected chi connectivity index (χ3v) is 6.77. The Balaban J connectivity index is 1.48. The molecule has 0 saturated heterocycles. The number of aromatic nitrogens is 1. The van der Waals surface area contributed by atoms with Gasteiger partial charge < -0.3 is 10.3 Å². The zero-order valence-electron chi connectivity index (χ0n) is 16.3. The van der Waals surface area contributed by atoms with Gasteiger partial charge in [0, 0.05) is 39.2 Å². The molecule has 0 amide bonds. The largest absolute Gasteiger partial charge is 0.360 e. The predicted octanol–water partition coefficient (Wildman–Crippen LogP) is 6.23. The van der Waals surface area contributed by atoms with Crippen LogP contribution in [0, 0.1) is 5.92 Å². The van der Waals surface area contributed by atoms with Gasteiger partial charge in [0.25, 0.3) is 0 Å². The highest BCUT2D eigenvalue weighted by atomic mass is 32.2. The van der Waals surface area contributed by atoms with E-state index < -0.39 is 0 Å². The van der Waals surface area contributed by atoms with Crippen LogP contribution >= 0.6 is 23.5 Å². The molecule has 2 aromatic carbocycles. The first-order valence-electron chi connectivity index (χ1n) is 9.84. The molecular weight excluding hydrogens is 368 g/mol. The van der Waals surface area contributed by atoms with E-state index in [1.54, 1.807) is 0 Å². The summed E-state index contributed by atoms with van der Waals surface area (Å²) in [5.41, 5.74) is 2.63. The molecule has 0 fully saturated rings. The van der Waals surface area contributed by atoms with Crippen molar-refractivity contribution < 1.29 is 0 Å². The molecule has 144 valence electrons. The molecule has 0 unspecified atom stereocenters. The lowest BCUT2D eigenvalue weighted by molar-refractivity contribution is 0.631. The molecule has 0 radical (unpaired) electrons. The zero-order valence-corrected chi connectivity index (χ0v) is 18.0. The van der Waals surface area contributed by atoms with Crippen LogP contribution in [0.4, 0.5) is 0 Å². The van der Waals surface area contributed by atoms with Gasteiger partial charge in [0.15, 0.2) is 0 Å². The van der Waals surface area contributed by atoms with Gasteiger partial charge in [-0.1, -0.05) is 62.0 Å². The van der Waals surface area contributed by atoms with Crippen molar-refractivity contribution >= 4 is 34.4 Å². The van der Waals surface area contributed by atoms with E-state index in [0.717, 1.165) is 25.4 Å². The van der Waals surface area contributed by atoms with Gasteiger partial charge in [-0.3, -0.25) is 0 Å². The van der Waals surface area contributed by atoms with E-state index in [4.69, 9.17) is 0 Å². The third kappa shape index (κ3) is 6.34. The second-order valence-corrected chi connectivity index (χ2v) is 9.51. The molecule has 2 N–H and O–H groups in total. The number of fused-ring (bicyclic) bond motifs is 1. The number of hydrogen-bond acceptors (Lipinski definition) is 3. The Labute approximate surface area is 171 Å². The second-order valence-electron chi connectivity index (χ2n) is 7.20. The van der Waals surface area contributed by atoms with Crippen molar-refractivity contribution in [3.63, 3.8) is 0 Å². The molecule has 0 spiro atoms. The fourth-order valence-corrected chi connectivity index (χ4v) is 5.19. The lowest BCUT2D eigenvalue weighted by Gasteiger charge is -2.10. The summed E-state index contributed by atoms with van der Waals surface area (Å²) in [5.74, 6) is 3.30. The fourth-order valence-electron chi connectivity index (χ4n) is 2.97. The van der Waals surface area contributed by atoms with Gasteiger partial charge in [0.1, 0.15) is 0 Å². The molecular formula is C23H30N2S2. The second kappa shape index (κ2) is 10.8. The van der Waals surface area contributed by atoms with E-state index in [-0.39, 0.29) is 0 Å². The molecule has 27 heavy (non-hydrogen) atoms. The first-order valence-corrected chi connectivity index (χ1v) is 11.8. The Morgan fingerprint density at radius 3 is 2.63 bits per heavy atom. The van der Waals surface area contributed by atoms with Crippen molar-refractivity contribution in [2.45, 2.75) is 36.5 Å². The molecule has 0 aliphatic heterocycles. The monoisotopic (exact) mass is 398 g/mol. The average Bonchev–Trinajstić information content (AvgIpc) is 3.08. The van der Waals surface area contributed by atoms with E-state index >= 15 is 0 Å². The van der Waals surface area contributed by atoms with E-state index in [0.29, 0.717) is 0 Å². The van der Waals surface area contributed by atoms with E-state index in [9.17, 15) is 0 Å². The summed E-state index contributed by atoms with van der Waals surface area (Å²) in [6.07, 6.45) is 4.52. The smallest absolute Gasteiger partial charge is 0.0465 e. The lowest BCUT2D eigenvalue weighted by Crippen LogP contribution is -2.20. The van der Waals surface area contributed by atoms with Crippen molar-refractivity contribution in [3.8, 4) is 0 Å². The lowest BCUT2D eigenvalue weighted by atomic mass is 10.1. The Morgan fingerprint density at radius 1 is 0.926 bits per heavy atom. The van der Waals surface area contributed by atoms with Crippen LogP contribution < -0.4 is 5.32 Å². The Hall–Kier alpha value is -1.36. The van der Waals surface area contributed by atoms with Gasteiger partial charge in [-0.25, -0.2) is 0 Å². The average molecular weight is 399 g/mol. The highest BCUT2D eigenvalue weighted by molar-refractivity contribution is 7.99. The summed E-state index contributed by atoms with van der Waals surface area (Å²) in [4.78, 5) is 6.03. The van der Waals surface area contributed by atoms with Crippen molar-refractivity contribution in [2.24, 2.45) is 5.92 Å². The van der Waals surface area contributed by atoms with E-state index in [1.165, 1.54) is 44.2 Å². The number of nitrogens with one attached hydrogen (secondary N) is 2. The summed E-state index contributed by atoms with van der Waals surface area (Å²) in [7, 11) is 0. The van der Waals surface area contributed by atoms with Gasteiger partial charge in [0.05, 0.1) is 0 Å². The molecule has 1 heterocycles. The van der Waals surface area contributed by atoms with Crippen LogP contribution in [-0.2, 0) is 6.42 Å². The quantitative estimate of drug-likeness (QED) is 0.375. The van der Waals surface area contributed by atoms with Crippen LogP contribution in [0.1, 0.15) is 25.8 Å². The van der Waals surface area contributed by atoms with Gasteiger partial charge in [0.2, 0.25) is 0 Å². The maximum absolute atomic E-state index is 3.60. The number of H-pyrrole nitrogens is 1. The first kappa shape index (κ1) is 20.4. The normalized spacial score (nSPS) is 11.5. The summed E-state index contributed by atoms with van der Waals surface area (Å²) in [6.45, 7) is 6.73. The van der Waals surface area contributed by atoms with Crippen LogP contribution in [0.3, 0.4) is 0 Å². The van der Waals surface area contributed by atoms with Crippen LogP contribution in [-0.4, -0.2) is 29.6 Å². The first-order chi connectivity index (χ1) is 13.2. The predicted molar refractivity (Wildman–Crippen MR) is 122 cm³/mol. The minimum atomic E-state index is 0.816. The minimum absolute atomic E-state index is 0.816. The molecule has 4 heteroatoms. The standard InChI is InChI=1S/C23H30N2S2/c1-18(2)12-15-26-16-14-24-13-11-19-7-3-6-10-22(19)27-23-17-25-21-9-5-4-8-20(21)23/h3-10,17-18,24-25H,11-16H2,1-2H3. The molecule has 0 aliphatic rings. The molecule has 3 rings (SSSR count). The van der Waals surface area contributed by atoms with Gasteiger partial charge in [-0.05, 0) is 48.8 Å². The van der Waals surface area contributed by atoms with Crippen molar-refractivity contribution in [3.05, 3.63) is 60.3 Å². The maximum atomic E-state index is 3.60. The van der Waals surface area contributed by atoms with Gasteiger partial charge >= 0.3 is 0 Å². The molecule has 0 bridgehead atoms. The molecule has 0 atom stereocenters. The van der Waals surface area contributed by atoms with Gasteiger partial charge in [-0.15, -0.1) is 0 Å². The minimum Gasteiger partial charge on any atom is -0.360 e. The van der Waals surface area contributed by atoms with Crippen LogP contribution in [0.25, 0.3) is 10.9 Å². The highest BCUT2D eigenvalue weighted by Crippen LogP contribution is 2.35. The molecule has 2 nitrogen and oxygen atoms in total. The van der Waals surface area contributed by atoms with Crippen molar-refractivity contribution in [2.75, 3.05) is 24.6 Å². The topological polar surface area (TPSA) is 27.8 Å². The zero-order chi connectivity index (χ0) is 18.9. The maximum Gasteiger partial charge on any atom is 0.0465 e. The number of hydrogen-bond donors (Lipinski definition) is 2. The SMILES string of the molecule is CC(C)CCSCCNCCc1ccccc1Sc1c[nH]c2ccccc12. The van der Waals surface area contributed by atoms with Gasteiger partial charge in [-0.2, -0.15) is 11.8 Å². The summed E-state index contributed by atoms with van der Waals surface area (Å²) in [6, 6.07) is 17.3. The van der Waals surface area contributed by atoms with Crippen LogP contribution in [0.15, 0.2) is 64.5 Å². The molecule has 3 aromatic rings. The fraction of sp³-hybridized carbons (Fsp3) is 0.391. The summed E-state index contributed by atoms with van der Waals surface area (Å²) >= 11 is 3.93. The van der Waals surface area contributed by atoms with Crippen LogP contribution in [0.2, 0.25) is 0 Å². The number of aromatic amines is 1. The number of benzene rings is 2. The van der Waals surface area contributed by atoms with E-state index in [1.807, 2.05) is 11.8 Å². The molecule has 0 aliphatic carbocycles. The van der Waals surface area contributed by atoms with E-state index in [2.05, 4.69) is 90.6 Å². The molecule has 0 saturated carbocycles. The van der Waals surface area contributed by atoms with Crippen molar-refractivity contribution in [1.82, 2.24) is 10.3 Å². The Bertz CT molecular complexity index is 826. The molecule has 1 aromatic heterocycles. The number of para-hydroxylation sites is 1.